The maximum Gasteiger partial charge on any atom is 0.378 e. The number of hydrogen-bond acceptors (Lipinski definition) is 5. The van der Waals surface area contributed by atoms with Gasteiger partial charge in [0.05, 0.1) is 5.69 Å². The molecule has 0 N–H and O–H groups in total. The van der Waals surface area contributed by atoms with Gasteiger partial charge in [-0.15, -0.1) is 5.10 Å². The van der Waals surface area contributed by atoms with Crippen LogP contribution in [0.15, 0.2) is 66.7 Å². The molecule has 6 nitrogen and oxygen atoms in total. The number of Topliss-reactive ketones (excluding diaryl/α,β-unsaturated/α-hetero) is 1. The van der Waals surface area contributed by atoms with Crippen molar-refractivity contribution in [2.45, 2.75) is 13.8 Å². The molecule has 0 spiro atoms. The van der Waals surface area contributed by atoms with E-state index in [-0.39, 0.29) is 11.6 Å². The highest BCUT2D eigenvalue weighted by molar-refractivity contribution is 6.30. The van der Waals surface area contributed by atoms with Crippen LogP contribution < -0.4 is 0 Å². The number of ether oxygens (including phenoxy) is 1. The maximum absolute atomic E-state index is 13.4. The SMILES string of the molecule is Cc1ccc(-n2nc(C(=O)OCC(=O)c3ccc(Cl)cc3)nc2-c2ccc(F)cc2)cc1C. The second kappa shape index (κ2) is 9.34. The number of aryl methyl sites for hydroxylation is 2. The third-order valence-corrected chi connectivity index (χ3v) is 5.38. The van der Waals surface area contributed by atoms with Crippen molar-refractivity contribution in [2.24, 2.45) is 0 Å². The molecule has 1 aromatic heterocycles. The van der Waals surface area contributed by atoms with Crippen molar-refractivity contribution in [3.63, 3.8) is 0 Å². The molecule has 33 heavy (non-hydrogen) atoms. The molecule has 166 valence electrons. The van der Waals surface area contributed by atoms with Crippen LogP contribution in [-0.4, -0.2) is 33.1 Å². The van der Waals surface area contributed by atoms with E-state index >= 15 is 0 Å². The zero-order valence-electron chi connectivity index (χ0n) is 17.9. The van der Waals surface area contributed by atoms with E-state index in [9.17, 15) is 14.0 Å². The Kier molecular flexibility index (Phi) is 6.33. The number of carbonyl (C=O) groups is 2. The van der Waals surface area contributed by atoms with Crippen molar-refractivity contribution in [3.8, 4) is 17.1 Å². The van der Waals surface area contributed by atoms with E-state index in [1.165, 1.54) is 16.8 Å². The molecular weight excluding hydrogens is 445 g/mol. The first-order chi connectivity index (χ1) is 15.8. The summed E-state index contributed by atoms with van der Waals surface area (Å²) in [6.07, 6.45) is 0. The number of nitrogens with zero attached hydrogens (tertiary/aromatic N) is 3. The summed E-state index contributed by atoms with van der Waals surface area (Å²) >= 11 is 5.83. The van der Waals surface area contributed by atoms with Crippen LogP contribution in [-0.2, 0) is 4.74 Å². The van der Waals surface area contributed by atoms with Crippen LogP contribution in [0.5, 0.6) is 0 Å². The summed E-state index contributed by atoms with van der Waals surface area (Å²) in [6, 6.07) is 17.7. The summed E-state index contributed by atoms with van der Waals surface area (Å²) in [5, 5.41) is 4.82. The van der Waals surface area contributed by atoms with Gasteiger partial charge in [-0.2, -0.15) is 0 Å². The third-order valence-electron chi connectivity index (χ3n) is 5.13. The Morgan fingerprint density at radius 1 is 0.970 bits per heavy atom. The second-order valence-corrected chi connectivity index (χ2v) is 7.89. The Morgan fingerprint density at radius 2 is 1.67 bits per heavy atom. The fraction of sp³-hybridized carbons (Fsp3) is 0.120. The lowest BCUT2D eigenvalue weighted by Gasteiger charge is -2.08. The van der Waals surface area contributed by atoms with E-state index in [1.807, 2.05) is 32.0 Å². The fourth-order valence-corrected chi connectivity index (χ4v) is 3.26. The second-order valence-electron chi connectivity index (χ2n) is 7.45. The van der Waals surface area contributed by atoms with Gasteiger partial charge in [-0.3, -0.25) is 4.79 Å². The molecule has 0 aliphatic rings. The Hall–Kier alpha value is -3.84. The van der Waals surface area contributed by atoms with Gasteiger partial charge in [-0.05, 0) is 85.6 Å². The normalized spacial score (nSPS) is 10.8. The topological polar surface area (TPSA) is 74.1 Å². The third kappa shape index (κ3) is 4.99. The zero-order chi connectivity index (χ0) is 23.5. The summed E-state index contributed by atoms with van der Waals surface area (Å²) in [5.41, 5.74) is 3.75. The molecule has 0 saturated heterocycles. The quantitative estimate of drug-likeness (QED) is 0.283. The average molecular weight is 464 g/mol. The van der Waals surface area contributed by atoms with Crippen LogP contribution in [0.1, 0.15) is 32.1 Å². The van der Waals surface area contributed by atoms with Gasteiger partial charge >= 0.3 is 5.97 Å². The first-order valence-corrected chi connectivity index (χ1v) is 10.5. The Bertz CT molecular complexity index is 1330. The monoisotopic (exact) mass is 463 g/mol. The largest absolute Gasteiger partial charge is 0.451 e. The lowest BCUT2D eigenvalue weighted by molar-refractivity contribution is 0.0462. The molecule has 0 aliphatic carbocycles. The first-order valence-electron chi connectivity index (χ1n) is 10.1. The van der Waals surface area contributed by atoms with Gasteiger partial charge in [0.25, 0.3) is 5.82 Å². The van der Waals surface area contributed by atoms with Crippen LogP contribution in [0.4, 0.5) is 4.39 Å². The van der Waals surface area contributed by atoms with Crippen molar-refractivity contribution in [1.29, 1.82) is 0 Å². The van der Waals surface area contributed by atoms with Crippen molar-refractivity contribution < 1.29 is 18.7 Å². The molecule has 8 heteroatoms. The summed E-state index contributed by atoms with van der Waals surface area (Å²) < 4.78 is 20.1. The van der Waals surface area contributed by atoms with E-state index in [0.717, 1.165) is 11.1 Å². The van der Waals surface area contributed by atoms with E-state index < -0.39 is 18.4 Å². The lowest BCUT2D eigenvalue weighted by Crippen LogP contribution is -2.15. The predicted octanol–water partition coefficient (Wildman–Crippen LogP) is 5.38. The number of benzene rings is 3. The molecule has 0 aliphatic heterocycles. The molecule has 0 fully saturated rings. The highest BCUT2D eigenvalue weighted by Gasteiger charge is 2.21. The molecule has 4 aromatic rings. The minimum atomic E-state index is -0.844. The molecule has 3 aromatic carbocycles. The summed E-state index contributed by atoms with van der Waals surface area (Å²) in [4.78, 5) is 29.3. The Morgan fingerprint density at radius 3 is 2.33 bits per heavy atom. The molecule has 1 heterocycles. The van der Waals surface area contributed by atoms with Gasteiger partial charge in [0.1, 0.15) is 5.82 Å². The minimum Gasteiger partial charge on any atom is -0.451 e. The number of halogens is 2. The van der Waals surface area contributed by atoms with Crippen LogP contribution in [0.2, 0.25) is 5.02 Å². The van der Waals surface area contributed by atoms with Gasteiger partial charge in [-0.25, -0.2) is 18.9 Å². The van der Waals surface area contributed by atoms with Gasteiger partial charge in [0.15, 0.2) is 18.2 Å². The number of carbonyl (C=O) groups excluding carboxylic acids is 2. The minimum absolute atomic E-state index is 0.212. The van der Waals surface area contributed by atoms with Crippen LogP contribution in [0.3, 0.4) is 0 Å². The summed E-state index contributed by atoms with van der Waals surface area (Å²) in [7, 11) is 0. The van der Waals surface area contributed by atoms with Crippen molar-refractivity contribution in [2.75, 3.05) is 6.61 Å². The van der Waals surface area contributed by atoms with E-state index in [1.54, 1.807) is 36.4 Å². The zero-order valence-corrected chi connectivity index (χ0v) is 18.6. The fourth-order valence-electron chi connectivity index (χ4n) is 3.14. The molecule has 0 atom stereocenters. The summed E-state index contributed by atoms with van der Waals surface area (Å²) in [5.74, 6) is -1.49. The standard InChI is InChI=1S/C25H19ClFN3O3/c1-15-3-12-21(13-16(15)2)30-24(18-6-10-20(27)11-7-18)28-23(29-30)25(32)33-14-22(31)17-4-8-19(26)9-5-17/h3-13H,14H2,1-2H3. The van der Waals surface area contributed by atoms with Crippen LogP contribution in [0, 0.1) is 19.7 Å². The lowest BCUT2D eigenvalue weighted by atomic mass is 10.1. The number of ketones is 1. The maximum atomic E-state index is 13.4. The van der Waals surface area contributed by atoms with Gasteiger partial charge in [-0.1, -0.05) is 17.7 Å². The van der Waals surface area contributed by atoms with Gasteiger partial charge in [0.2, 0.25) is 0 Å². The number of aromatic nitrogens is 3. The van der Waals surface area contributed by atoms with E-state index in [0.29, 0.717) is 27.7 Å². The van der Waals surface area contributed by atoms with Gasteiger partial charge in [0, 0.05) is 16.1 Å². The number of hydrogen-bond donors (Lipinski definition) is 0. The molecule has 0 unspecified atom stereocenters. The molecule has 0 amide bonds. The summed E-state index contributed by atoms with van der Waals surface area (Å²) in [6.45, 7) is 3.48. The molecule has 0 radical (unpaired) electrons. The smallest absolute Gasteiger partial charge is 0.378 e. The van der Waals surface area contributed by atoms with Crippen LogP contribution >= 0.6 is 11.6 Å². The Labute approximate surface area is 194 Å². The first kappa shape index (κ1) is 22.4. The number of esters is 1. The molecule has 0 saturated carbocycles. The van der Waals surface area contributed by atoms with Crippen molar-refractivity contribution in [1.82, 2.24) is 14.8 Å². The highest BCUT2D eigenvalue weighted by atomic mass is 35.5. The Balaban J connectivity index is 1.63. The van der Waals surface area contributed by atoms with Gasteiger partial charge < -0.3 is 4.74 Å². The highest BCUT2D eigenvalue weighted by Crippen LogP contribution is 2.23. The van der Waals surface area contributed by atoms with Crippen molar-refractivity contribution >= 4 is 23.4 Å². The van der Waals surface area contributed by atoms with Crippen LogP contribution in [0.25, 0.3) is 17.1 Å². The predicted molar refractivity (Wildman–Crippen MR) is 122 cm³/mol. The molecule has 4 rings (SSSR count). The average Bonchev–Trinajstić information content (AvgIpc) is 3.25. The van der Waals surface area contributed by atoms with E-state index in [4.69, 9.17) is 16.3 Å². The molecular formula is C25H19ClFN3O3. The number of rotatable bonds is 6. The molecule has 0 bridgehead atoms. The van der Waals surface area contributed by atoms with E-state index in [2.05, 4.69) is 10.1 Å². The van der Waals surface area contributed by atoms with Crippen molar-refractivity contribution in [3.05, 3.63) is 100 Å².